The van der Waals surface area contributed by atoms with Crippen LogP contribution in [0.25, 0.3) is 0 Å². The molecule has 0 atom stereocenters. The van der Waals surface area contributed by atoms with Crippen molar-refractivity contribution in [3.63, 3.8) is 0 Å². The lowest BCUT2D eigenvalue weighted by Gasteiger charge is -2.16. The Balaban J connectivity index is 1.20. The molecule has 3 N–H and O–H groups in total. The summed E-state index contributed by atoms with van der Waals surface area (Å²) in [6.45, 7) is 2.45. The molecule has 2 fully saturated rings. The topological polar surface area (TPSA) is 116 Å². The summed E-state index contributed by atoms with van der Waals surface area (Å²) in [5, 5.41) is 8.37. The molecule has 4 rings (SSSR count). The van der Waals surface area contributed by atoms with Gasteiger partial charge < -0.3 is 20.9 Å². The van der Waals surface area contributed by atoms with E-state index in [1.165, 1.54) is 6.33 Å². The summed E-state index contributed by atoms with van der Waals surface area (Å²) < 4.78 is 0. The standard InChI is InChI=1S/C22H26N6O3/c29-20(15-5-7-17(8-6-15)27-21(30)16-3-4-16)23-9-10-24-22(31)18-13-19(26-14-25-18)28-11-1-2-12-28/h5-8,13-14,16H,1-4,9-12H2,(H,23,29)(H,24,31)(H,27,30). The van der Waals surface area contributed by atoms with Crippen LogP contribution in [-0.4, -0.2) is 53.9 Å². The minimum atomic E-state index is -0.298. The minimum Gasteiger partial charge on any atom is -0.357 e. The molecule has 0 bridgehead atoms. The van der Waals surface area contributed by atoms with Crippen LogP contribution in [0.4, 0.5) is 11.5 Å². The molecule has 2 aliphatic rings. The summed E-state index contributed by atoms with van der Waals surface area (Å²) in [5.74, 6) is 0.389. The lowest BCUT2D eigenvalue weighted by molar-refractivity contribution is -0.117. The summed E-state index contributed by atoms with van der Waals surface area (Å²) in [7, 11) is 0. The fourth-order valence-corrected chi connectivity index (χ4v) is 3.43. The van der Waals surface area contributed by atoms with Gasteiger partial charge in [0.05, 0.1) is 0 Å². The number of hydrogen-bond acceptors (Lipinski definition) is 6. The van der Waals surface area contributed by atoms with Crippen LogP contribution in [0.5, 0.6) is 0 Å². The van der Waals surface area contributed by atoms with Crippen molar-refractivity contribution in [2.45, 2.75) is 25.7 Å². The Hall–Kier alpha value is -3.49. The number of carbonyl (C=O) groups excluding carboxylic acids is 3. The molecular weight excluding hydrogens is 396 g/mol. The molecule has 1 aliphatic heterocycles. The second-order valence-electron chi connectivity index (χ2n) is 7.81. The van der Waals surface area contributed by atoms with E-state index in [0.29, 0.717) is 16.9 Å². The molecule has 2 aromatic rings. The van der Waals surface area contributed by atoms with Crippen LogP contribution in [0.15, 0.2) is 36.7 Å². The monoisotopic (exact) mass is 422 g/mol. The summed E-state index contributed by atoms with van der Waals surface area (Å²) in [6.07, 6.45) is 5.55. The number of nitrogens with one attached hydrogen (secondary N) is 3. The molecule has 162 valence electrons. The smallest absolute Gasteiger partial charge is 0.270 e. The molecule has 9 heteroatoms. The summed E-state index contributed by atoms with van der Waals surface area (Å²) in [5.41, 5.74) is 1.48. The van der Waals surface area contributed by atoms with Crippen LogP contribution in [0.3, 0.4) is 0 Å². The van der Waals surface area contributed by atoms with E-state index in [4.69, 9.17) is 0 Å². The molecule has 0 spiro atoms. The zero-order valence-corrected chi connectivity index (χ0v) is 17.3. The van der Waals surface area contributed by atoms with Crippen molar-refractivity contribution in [3.8, 4) is 0 Å². The van der Waals surface area contributed by atoms with Crippen LogP contribution in [0.1, 0.15) is 46.5 Å². The third kappa shape index (κ3) is 5.56. The Morgan fingerprint density at radius 3 is 2.29 bits per heavy atom. The molecule has 2 heterocycles. The van der Waals surface area contributed by atoms with Crippen LogP contribution < -0.4 is 20.9 Å². The molecule has 0 radical (unpaired) electrons. The molecule has 31 heavy (non-hydrogen) atoms. The summed E-state index contributed by atoms with van der Waals surface area (Å²) in [4.78, 5) is 46.8. The minimum absolute atomic E-state index is 0.0316. The fourth-order valence-electron chi connectivity index (χ4n) is 3.43. The van der Waals surface area contributed by atoms with Crippen molar-refractivity contribution in [2.24, 2.45) is 5.92 Å². The molecule has 1 aliphatic carbocycles. The first-order chi connectivity index (χ1) is 15.1. The first-order valence-corrected chi connectivity index (χ1v) is 10.6. The SMILES string of the molecule is O=C(NCCNC(=O)c1cc(N2CCCC2)ncn1)c1ccc(NC(=O)C2CC2)cc1. The Bertz CT molecular complexity index is 952. The predicted molar refractivity (Wildman–Crippen MR) is 116 cm³/mol. The van der Waals surface area contributed by atoms with Gasteiger partial charge in [0.25, 0.3) is 11.8 Å². The maximum absolute atomic E-state index is 12.3. The molecular formula is C22H26N6O3. The molecule has 0 unspecified atom stereocenters. The van der Waals surface area contributed by atoms with E-state index >= 15 is 0 Å². The van der Waals surface area contributed by atoms with Gasteiger partial charge in [-0.05, 0) is 49.9 Å². The number of benzene rings is 1. The molecule has 1 aromatic carbocycles. The zero-order chi connectivity index (χ0) is 21.6. The average molecular weight is 422 g/mol. The number of carbonyl (C=O) groups is 3. The largest absolute Gasteiger partial charge is 0.357 e. The Morgan fingerprint density at radius 2 is 1.61 bits per heavy atom. The van der Waals surface area contributed by atoms with E-state index in [-0.39, 0.29) is 36.7 Å². The maximum atomic E-state index is 12.3. The molecule has 1 saturated carbocycles. The third-order valence-corrected chi connectivity index (χ3v) is 5.37. The van der Waals surface area contributed by atoms with Gasteiger partial charge in [0.2, 0.25) is 5.91 Å². The molecule has 3 amide bonds. The van der Waals surface area contributed by atoms with Gasteiger partial charge in [-0.15, -0.1) is 0 Å². The highest BCUT2D eigenvalue weighted by Gasteiger charge is 2.29. The highest BCUT2D eigenvalue weighted by Crippen LogP contribution is 2.30. The van der Waals surface area contributed by atoms with E-state index in [9.17, 15) is 14.4 Å². The van der Waals surface area contributed by atoms with Crippen molar-refractivity contribution >= 4 is 29.2 Å². The number of aromatic nitrogens is 2. The molecule has 1 aromatic heterocycles. The van der Waals surface area contributed by atoms with Crippen LogP contribution in [0, 0.1) is 5.92 Å². The number of nitrogens with zero attached hydrogens (tertiary/aromatic N) is 3. The second kappa shape index (κ2) is 9.55. The van der Waals surface area contributed by atoms with Gasteiger partial charge in [0.1, 0.15) is 17.8 Å². The van der Waals surface area contributed by atoms with Gasteiger partial charge in [-0.1, -0.05) is 0 Å². The van der Waals surface area contributed by atoms with Gasteiger partial charge in [0.15, 0.2) is 0 Å². The number of amides is 3. The quantitative estimate of drug-likeness (QED) is 0.556. The van der Waals surface area contributed by atoms with Crippen molar-refractivity contribution in [1.82, 2.24) is 20.6 Å². The maximum Gasteiger partial charge on any atom is 0.270 e. The van der Waals surface area contributed by atoms with Gasteiger partial charge in [-0.2, -0.15) is 0 Å². The van der Waals surface area contributed by atoms with Gasteiger partial charge in [-0.25, -0.2) is 9.97 Å². The number of hydrogen-bond donors (Lipinski definition) is 3. The lowest BCUT2D eigenvalue weighted by atomic mass is 10.2. The molecule has 1 saturated heterocycles. The van der Waals surface area contributed by atoms with Crippen molar-refractivity contribution in [2.75, 3.05) is 36.4 Å². The second-order valence-corrected chi connectivity index (χ2v) is 7.81. The van der Waals surface area contributed by atoms with Gasteiger partial charge in [-0.3, -0.25) is 14.4 Å². The highest BCUT2D eigenvalue weighted by atomic mass is 16.2. The average Bonchev–Trinajstić information content (AvgIpc) is 3.51. The fraction of sp³-hybridized carbons (Fsp3) is 0.409. The van der Waals surface area contributed by atoms with Crippen LogP contribution in [-0.2, 0) is 4.79 Å². The van der Waals surface area contributed by atoms with Crippen molar-refractivity contribution in [1.29, 1.82) is 0 Å². The zero-order valence-electron chi connectivity index (χ0n) is 17.3. The van der Waals surface area contributed by atoms with Crippen LogP contribution in [0.2, 0.25) is 0 Å². The van der Waals surface area contributed by atoms with Crippen LogP contribution >= 0.6 is 0 Å². The normalized spacial score (nSPS) is 15.4. The first kappa shape index (κ1) is 20.8. The number of rotatable bonds is 8. The summed E-state index contributed by atoms with van der Waals surface area (Å²) in [6, 6.07) is 8.45. The predicted octanol–water partition coefficient (Wildman–Crippen LogP) is 1.59. The van der Waals surface area contributed by atoms with Gasteiger partial charge >= 0.3 is 0 Å². The van der Waals surface area contributed by atoms with E-state index < -0.39 is 0 Å². The third-order valence-electron chi connectivity index (χ3n) is 5.37. The Morgan fingerprint density at radius 1 is 0.935 bits per heavy atom. The van der Waals surface area contributed by atoms with E-state index in [1.54, 1.807) is 30.3 Å². The first-order valence-electron chi connectivity index (χ1n) is 10.6. The number of anilines is 2. The van der Waals surface area contributed by atoms with Crippen molar-refractivity contribution < 1.29 is 14.4 Å². The lowest BCUT2D eigenvalue weighted by Crippen LogP contribution is -2.35. The Kier molecular flexibility index (Phi) is 6.40. The van der Waals surface area contributed by atoms with E-state index in [2.05, 4.69) is 30.8 Å². The molecule has 9 nitrogen and oxygen atoms in total. The van der Waals surface area contributed by atoms with Crippen molar-refractivity contribution in [3.05, 3.63) is 47.9 Å². The highest BCUT2D eigenvalue weighted by molar-refractivity contribution is 5.97. The summed E-state index contributed by atoms with van der Waals surface area (Å²) >= 11 is 0. The van der Waals surface area contributed by atoms with E-state index in [1.807, 2.05) is 0 Å². The van der Waals surface area contributed by atoms with E-state index in [0.717, 1.165) is 44.6 Å². The Labute approximate surface area is 180 Å². The van der Waals surface area contributed by atoms with Gasteiger partial charge in [0, 0.05) is 49.4 Å².